The summed E-state index contributed by atoms with van der Waals surface area (Å²) in [6, 6.07) is -3.13. The highest BCUT2D eigenvalue weighted by atomic mass is 16.4. The molecular formula is C17H30N6O6. The summed E-state index contributed by atoms with van der Waals surface area (Å²) in [6.45, 7) is 6.56. The van der Waals surface area contributed by atoms with Gasteiger partial charge in [0.2, 0.25) is 23.6 Å². The Balaban J connectivity index is 5.11. The van der Waals surface area contributed by atoms with Crippen molar-refractivity contribution < 1.29 is 29.1 Å². The number of amides is 4. The quantitative estimate of drug-likeness (QED) is 0.153. The van der Waals surface area contributed by atoms with E-state index in [0.717, 1.165) is 0 Å². The van der Waals surface area contributed by atoms with Gasteiger partial charge < -0.3 is 37.8 Å². The predicted octanol–water partition coefficient (Wildman–Crippen LogP) is -2.37. The number of nitrogens with one attached hydrogen (secondary N) is 4. The van der Waals surface area contributed by atoms with E-state index in [2.05, 4.69) is 27.8 Å². The standard InChI is InChI=1S/C17H30N6O6/c1-9(21-11(3)24)16(28)23-13(5-4-8-20-10(2)18)17(29)22-12(15(19)27)6-7-14(25)26/h9,12-13,20H,2,4-8,18H2,1,3H3,(H2,19,27)(H,21,24)(H,22,29)(H,23,28)(H,25,26)/t9-,12-,13-/m0/s1. The largest absolute Gasteiger partial charge is 0.481 e. The molecule has 164 valence electrons. The van der Waals surface area contributed by atoms with E-state index >= 15 is 0 Å². The van der Waals surface area contributed by atoms with E-state index in [-0.39, 0.29) is 25.1 Å². The third-order valence-corrected chi connectivity index (χ3v) is 3.77. The molecule has 0 saturated heterocycles. The molecule has 29 heavy (non-hydrogen) atoms. The molecule has 0 rings (SSSR count). The molecule has 0 aromatic rings. The Morgan fingerprint density at radius 3 is 2.03 bits per heavy atom. The van der Waals surface area contributed by atoms with E-state index in [1.807, 2.05) is 0 Å². The van der Waals surface area contributed by atoms with E-state index in [1.54, 1.807) is 0 Å². The van der Waals surface area contributed by atoms with Crippen LogP contribution in [0.25, 0.3) is 0 Å². The highest BCUT2D eigenvalue weighted by molar-refractivity contribution is 5.93. The summed E-state index contributed by atoms with van der Waals surface area (Å²) in [5, 5.41) is 18.8. The molecule has 0 aliphatic carbocycles. The van der Waals surface area contributed by atoms with Gasteiger partial charge in [0.25, 0.3) is 0 Å². The average molecular weight is 414 g/mol. The monoisotopic (exact) mass is 414 g/mol. The molecule has 9 N–H and O–H groups in total. The zero-order valence-electron chi connectivity index (χ0n) is 16.6. The molecule has 0 fully saturated rings. The molecule has 0 saturated carbocycles. The maximum Gasteiger partial charge on any atom is 0.303 e. The molecule has 0 aromatic heterocycles. The van der Waals surface area contributed by atoms with Gasteiger partial charge in [-0.1, -0.05) is 6.58 Å². The second kappa shape index (κ2) is 13.0. The maximum atomic E-state index is 12.6. The summed E-state index contributed by atoms with van der Waals surface area (Å²) in [7, 11) is 0. The minimum atomic E-state index is -1.20. The molecule has 4 amide bonds. The van der Waals surface area contributed by atoms with E-state index in [0.29, 0.717) is 13.0 Å². The lowest BCUT2D eigenvalue weighted by atomic mass is 10.1. The van der Waals surface area contributed by atoms with E-state index in [9.17, 15) is 24.0 Å². The fourth-order valence-electron chi connectivity index (χ4n) is 2.32. The first-order valence-electron chi connectivity index (χ1n) is 9.01. The van der Waals surface area contributed by atoms with Gasteiger partial charge in [0.1, 0.15) is 18.1 Å². The van der Waals surface area contributed by atoms with Gasteiger partial charge in [-0.05, 0) is 26.2 Å². The summed E-state index contributed by atoms with van der Waals surface area (Å²) >= 11 is 0. The Kier molecular flexibility index (Phi) is 11.5. The number of carbonyl (C=O) groups excluding carboxylic acids is 4. The van der Waals surface area contributed by atoms with Gasteiger partial charge in [-0.3, -0.25) is 24.0 Å². The molecular weight excluding hydrogens is 384 g/mol. The summed E-state index contributed by atoms with van der Waals surface area (Å²) in [5.41, 5.74) is 10.6. The van der Waals surface area contributed by atoms with Crippen molar-refractivity contribution in [2.45, 2.75) is 57.7 Å². The smallest absolute Gasteiger partial charge is 0.303 e. The first-order chi connectivity index (χ1) is 13.4. The highest BCUT2D eigenvalue weighted by Gasteiger charge is 2.27. The second-order valence-corrected chi connectivity index (χ2v) is 6.47. The van der Waals surface area contributed by atoms with Crippen LogP contribution in [-0.4, -0.2) is 59.4 Å². The van der Waals surface area contributed by atoms with Crippen molar-refractivity contribution in [1.82, 2.24) is 21.3 Å². The number of carboxylic acid groups (broad SMARTS) is 1. The number of hydrogen-bond acceptors (Lipinski definition) is 7. The lowest BCUT2D eigenvalue weighted by Gasteiger charge is -2.23. The van der Waals surface area contributed by atoms with Crippen LogP contribution in [0.5, 0.6) is 0 Å². The van der Waals surface area contributed by atoms with Gasteiger partial charge in [0.05, 0.1) is 5.82 Å². The fourth-order valence-corrected chi connectivity index (χ4v) is 2.32. The number of nitrogens with two attached hydrogens (primary N) is 2. The Hall–Kier alpha value is -3.31. The van der Waals surface area contributed by atoms with Crippen molar-refractivity contribution in [3.63, 3.8) is 0 Å². The van der Waals surface area contributed by atoms with Crippen molar-refractivity contribution in [2.24, 2.45) is 11.5 Å². The van der Waals surface area contributed by atoms with Crippen LogP contribution in [0.3, 0.4) is 0 Å². The van der Waals surface area contributed by atoms with Crippen LogP contribution in [-0.2, 0) is 24.0 Å². The highest BCUT2D eigenvalue weighted by Crippen LogP contribution is 2.03. The molecule has 0 heterocycles. The summed E-state index contributed by atoms with van der Waals surface area (Å²) in [4.78, 5) is 58.1. The van der Waals surface area contributed by atoms with Crippen molar-refractivity contribution in [1.29, 1.82) is 0 Å². The van der Waals surface area contributed by atoms with Gasteiger partial charge >= 0.3 is 5.97 Å². The van der Waals surface area contributed by atoms with Crippen LogP contribution in [0.2, 0.25) is 0 Å². The second-order valence-electron chi connectivity index (χ2n) is 6.47. The number of carbonyl (C=O) groups is 5. The van der Waals surface area contributed by atoms with Gasteiger partial charge in [0, 0.05) is 19.9 Å². The lowest BCUT2D eigenvalue weighted by molar-refractivity contribution is -0.138. The predicted molar refractivity (Wildman–Crippen MR) is 104 cm³/mol. The molecule has 0 unspecified atom stereocenters. The van der Waals surface area contributed by atoms with Crippen molar-refractivity contribution in [3.8, 4) is 0 Å². The number of carboxylic acids is 1. The van der Waals surface area contributed by atoms with Crippen LogP contribution >= 0.6 is 0 Å². The molecule has 0 bridgehead atoms. The first-order valence-corrected chi connectivity index (χ1v) is 9.01. The third kappa shape index (κ3) is 11.9. The first kappa shape index (κ1) is 25.7. The van der Waals surface area contributed by atoms with Crippen molar-refractivity contribution in [2.75, 3.05) is 6.54 Å². The Morgan fingerprint density at radius 2 is 1.55 bits per heavy atom. The van der Waals surface area contributed by atoms with Gasteiger partial charge in [0.15, 0.2) is 0 Å². The van der Waals surface area contributed by atoms with Crippen LogP contribution in [0.15, 0.2) is 12.4 Å². The number of aliphatic carboxylic acids is 1. The fraction of sp³-hybridized carbons (Fsp3) is 0.588. The van der Waals surface area contributed by atoms with E-state index in [4.69, 9.17) is 16.6 Å². The normalized spacial score (nSPS) is 13.3. The van der Waals surface area contributed by atoms with E-state index in [1.165, 1.54) is 13.8 Å². The SMILES string of the molecule is C=C(N)NCCC[C@H](NC(=O)[C@H](C)NC(C)=O)C(=O)N[C@@H](CCC(=O)O)C(N)=O. The molecule has 0 spiro atoms. The summed E-state index contributed by atoms with van der Waals surface area (Å²) < 4.78 is 0. The van der Waals surface area contributed by atoms with Crippen LogP contribution < -0.4 is 32.7 Å². The Morgan fingerprint density at radius 1 is 0.966 bits per heavy atom. The average Bonchev–Trinajstić information content (AvgIpc) is 2.59. The van der Waals surface area contributed by atoms with Crippen molar-refractivity contribution in [3.05, 3.63) is 12.4 Å². The van der Waals surface area contributed by atoms with Gasteiger partial charge in [-0.25, -0.2) is 0 Å². The minimum Gasteiger partial charge on any atom is -0.481 e. The Bertz CT molecular complexity index is 638. The molecule has 3 atom stereocenters. The maximum absolute atomic E-state index is 12.6. The summed E-state index contributed by atoms with van der Waals surface area (Å²) in [6.07, 6.45) is 0.0372. The molecule has 0 aromatic carbocycles. The third-order valence-electron chi connectivity index (χ3n) is 3.77. The number of rotatable bonds is 14. The molecule has 12 nitrogen and oxygen atoms in total. The van der Waals surface area contributed by atoms with Crippen LogP contribution in [0.1, 0.15) is 39.5 Å². The Labute approximate surface area is 168 Å². The van der Waals surface area contributed by atoms with Gasteiger partial charge in [-0.2, -0.15) is 0 Å². The molecule has 0 aliphatic rings. The lowest BCUT2D eigenvalue weighted by Crippen LogP contribution is -2.55. The molecule has 0 radical (unpaired) electrons. The van der Waals surface area contributed by atoms with Crippen molar-refractivity contribution >= 4 is 29.6 Å². The van der Waals surface area contributed by atoms with Crippen LogP contribution in [0.4, 0.5) is 0 Å². The molecule has 12 heteroatoms. The number of primary amides is 1. The zero-order valence-corrected chi connectivity index (χ0v) is 16.6. The zero-order chi connectivity index (χ0) is 22.6. The number of hydrogen-bond donors (Lipinski definition) is 7. The van der Waals surface area contributed by atoms with E-state index < -0.39 is 47.7 Å². The molecule has 0 aliphatic heterocycles. The minimum absolute atomic E-state index is 0.176. The topological polar surface area (TPSA) is 206 Å². The van der Waals surface area contributed by atoms with Crippen LogP contribution in [0, 0.1) is 0 Å². The summed E-state index contributed by atoms with van der Waals surface area (Å²) in [5.74, 6) is -3.50. The van der Waals surface area contributed by atoms with Gasteiger partial charge in [-0.15, -0.1) is 0 Å².